The van der Waals surface area contributed by atoms with Gasteiger partial charge in [0.1, 0.15) is 12.1 Å². The normalized spacial score (nSPS) is 28.1. The van der Waals surface area contributed by atoms with Crippen LogP contribution in [0, 0.1) is 5.82 Å². The van der Waals surface area contributed by atoms with E-state index in [4.69, 9.17) is 4.74 Å². The SMILES string of the molecule is C[C@@H]1CN(CC(=O)N2CC(C)(C)c3c2cc(Cc2ccc(F)cc2)c2ncnn32)[C@@H](CN2C[C@H]3C[C@@H]2CO3)CN1. The summed E-state index contributed by atoms with van der Waals surface area (Å²) in [6.45, 7) is 12.0. The average Bonchev–Trinajstić information content (AvgIpc) is 3.71. The summed E-state index contributed by atoms with van der Waals surface area (Å²) in [5.74, 6) is -0.139. The maximum absolute atomic E-state index is 14.1. The highest BCUT2D eigenvalue weighted by molar-refractivity contribution is 5.97. The van der Waals surface area contributed by atoms with Crippen LogP contribution >= 0.6 is 0 Å². The minimum Gasteiger partial charge on any atom is -0.375 e. The molecule has 1 N–H and O–H groups in total. The van der Waals surface area contributed by atoms with Gasteiger partial charge in [0, 0.05) is 68.2 Å². The maximum atomic E-state index is 14.1. The lowest BCUT2D eigenvalue weighted by Gasteiger charge is -2.42. The number of morpholine rings is 1. The number of ether oxygens (including phenoxy) is 1. The number of amides is 1. The Balaban J connectivity index is 1.16. The highest BCUT2D eigenvalue weighted by Crippen LogP contribution is 2.42. The van der Waals surface area contributed by atoms with Crippen molar-refractivity contribution in [2.75, 3.05) is 50.8 Å². The number of halogens is 1. The molecular weight excluding hydrogens is 509 g/mol. The summed E-state index contributed by atoms with van der Waals surface area (Å²) in [4.78, 5) is 25.6. The van der Waals surface area contributed by atoms with Gasteiger partial charge in [0.2, 0.25) is 5.91 Å². The van der Waals surface area contributed by atoms with Gasteiger partial charge in [0.05, 0.1) is 30.6 Å². The molecule has 6 heterocycles. The first kappa shape index (κ1) is 26.0. The lowest BCUT2D eigenvalue weighted by Crippen LogP contribution is -2.61. The van der Waals surface area contributed by atoms with Crippen molar-refractivity contribution in [2.24, 2.45) is 0 Å². The van der Waals surface area contributed by atoms with Gasteiger partial charge in [0.25, 0.3) is 0 Å². The summed E-state index contributed by atoms with van der Waals surface area (Å²) in [6.07, 6.45) is 3.66. The van der Waals surface area contributed by atoms with Crippen molar-refractivity contribution in [3.63, 3.8) is 0 Å². The molecule has 3 saturated heterocycles. The molecule has 4 aliphatic heterocycles. The molecule has 4 atom stereocenters. The minimum atomic E-state index is -0.281. The molecule has 212 valence electrons. The van der Waals surface area contributed by atoms with Crippen LogP contribution in [0.4, 0.5) is 10.1 Å². The second kappa shape index (κ2) is 9.87. The highest BCUT2D eigenvalue weighted by Gasteiger charge is 2.44. The van der Waals surface area contributed by atoms with Crippen molar-refractivity contribution in [2.45, 2.75) is 63.3 Å². The van der Waals surface area contributed by atoms with Gasteiger partial charge >= 0.3 is 0 Å². The van der Waals surface area contributed by atoms with E-state index < -0.39 is 0 Å². The molecule has 0 unspecified atom stereocenters. The Morgan fingerprint density at radius 3 is 2.77 bits per heavy atom. The van der Waals surface area contributed by atoms with Crippen molar-refractivity contribution < 1.29 is 13.9 Å². The molecule has 2 aromatic heterocycles. The van der Waals surface area contributed by atoms with Crippen LogP contribution in [0.25, 0.3) is 5.65 Å². The van der Waals surface area contributed by atoms with E-state index >= 15 is 0 Å². The number of rotatable bonds is 6. The smallest absolute Gasteiger partial charge is 0.241 e. The Labute approximate surface area is 234 Å². The number of pyridine rings is 1. The van der Waals surface area contributed by atoms with Gasteiger partial charge in [0.15, 0.2) is 5.65 Å². The molecule has 10 heteroatoms. The second-order valence-corrected chi connectivity index (χ2v) is 12.8. The number of carbonyl (C=O) groups is 1. The molecule has 4 aliphatic rings. The zero-order valence-corrected chi connectivity index (χ0v) is 23.5. The fourth-order valence-corrected chi connectivity index (χ4v) is 7.24. The number of piperazine rings is 1. The van der Waals surface area contributed by atoms with Crippen molar-refractivity contribution in [1.82, 2.24) is 29.7 Å². The first-order valence-corrected chi connectivity index (χ1v) is 14.5. The molecular formula is C30H38FN7O2. The molecule has 9 nitrogen and oxygen atoms in total. The quantitative estimate of drug-likeness (QED) is 0.507. The molecule has 0 radical (unpaired) electrons. The number of benzene rings is 1. The van der Waals surface area contributed by atoms with Crippen LogP contribution in [0.15, 0.2) is 36.7 Å². The van der Waals surface area contributed by atoms with E-state index in [0.29, 0.717) is 37.7 Å². The van der Waals surface area contributed by atoms with E-state index in [9.17, 15) is 9.18 Å². The summed E-state index contributed by atoms with van der Waals surface area (Å²) in [5.41, 5.74) is 4.37. The van der Waals surface area contributed by atoms with Crippen LogP contribution in [0.1, 0.15) is 44.0 Å². The Morgan fingerprint density at radius 1 is 1.20 bits per heavy atom. The minimum absolute atomic E-state index is 0.115. The average molecular weight is 548 g/mol. The van der Waals surface area contributed by atoms with Crippen LogP contribution in [0.3, 0.4) is 0 Å². The topological polar surface area (TPSA) is 78.2 Å². The molecule has 3 fully saturated rings. The van der Waals surface area contributed by atoms with E-state index in [0.717, 1.165) is 67.4 Å². The Kier molecular flexibility index (Phi) is 6.42. The second-order valence-electron chi connectivity index (χ2n) is 12.8. The third-order valence-electron chi connectivity index (χ3n) is 9.22. The fourth-order valence-electron chi connectivity index (χ4n) is 7.24. The first-order valence-electron chi connectivity index (χ1n) is 14.5. The Morgan fingerprint density at radius 2 is 2.02 bits per heavy atom. The van der Waals surface area contributed by atoms with Gasteiger partial charge in [-0.3, -0.25) is 14.6 Å². The number of aromatic nitrogens is 3. The zero-order chi connectivity index (χ0) is 27.6. The molecule has 0 spiro atoms. The molecule has 0 saturated carbocycles. The molecule has 1 amide bonds. The van der Waals surface area contributed by atoms with Crippen LogP contribution in [0.5, 0.6) is 0 Å². The standard InChI is InChI=1S/C30H38FN7O2/c1-19-12-35(24(11-32-19)13-36-14-25-10-23(36)16-40-25)15-27(39)37-17-30(2,3)28-26(37)9-21(29-33-18-34-38(28)29)8-20-4-6-22(31)7-5-20/h4-7,9,18-19,23-25,32H,8,10-17H2,1-3H3/t19-,23-,24-,25-/m1/s1. The number of hydrogen-bond acceptors (Lipinski definition) is 7. The van der Waals surface area contributed by atoms with Crippen molar-refractivity contribution in [3.8, 4) is 0 Å². The van der Waals surface area contributed by atoms with Gasteiger partial charge in [-0.15, -0.1) is 0 Å². The predicted molar refractivity (Wildman–Crippen MR) is 150 cm³/mol. The van der Waals surface area contributed by atoms with E-state index in [1.165, 1.54) is 12.1 Å². The number of fused-ring (bicyclic) bond motifs is 5. The van der Waals surface area contributed by atoms with E-state index in [1.54, 1.807) is 18.5 Å². The monoisotopic (exact) mass is 547 g/mol. The van der Waals surface area contributed by atoms with Gasteiger partial charge in [-0.1, -0.05) is 26.0 Å². The number of anilines is 1. The third kappa shape index (κ3) is 4.60. The summed E-state index contributed by atoms with van der Waals surface area (Å²) in [6, 6.07) is 9.79. The highest BCUT2D eigenvalue weighted by atomic mass is 19.1. The number of nitrogens with zero attached hydrogens (tertiary/aromatic N) is 6. The molecule has 2 bridgehead atoms. The molecule has 1 aromatic carbocycles. The van der Waals surface area contributed by atoms with Crippen LogP contribution in [0.2, 0.25) is 0 Å². The third-order valence-corrected chi connectivity index (χ3v) is 9.22. The van der Waals surface area contributed by atoms with E-state index in [2.05, 4.69) is 52.0 Å². The summed E-state index contributed by atoms with van der Waals surface area (Å²) < 4.78 is 21.3. The van der Waals surface area contributed by atoms with Crippen LogP contribution in [-0.2, 0) is 21.4 Å². The summed E-state index contributed by atoms with van der Waals surface area (Å²) >= 11 is 0. The summed E-state index contributed by atoms with van der Waals surface area (Å²) in [7, 11) is 0. The summed E-state index contributed by atoms with van der Waals surface area (Å²) in [5, 5.41) is 8.22. The van der Waals surface area contributed by atoms with E-state index in [-0.39, 0.29) is 23.2 Å². The maximum Gasteiger partial charge on any atom is 0.241 e. The van der Waals surface area contributed by atoms with Crippen molar-refractivity contribution in [1.29, 1.82) is 0 Å². The lowest BCUT2D eigenvalue weighted by atomic mass is 9.90. The van der Waals surface area contributed by atoms with Crippen molar-refractivity contribution in [3.05, 3.63) is 59.3 Å². The first-order chi connectivity index (χ1) is 19.2. The number of carbonyl (C=O) groups excluding carboxylic acids is 1. The number of nitrogens with one attached hydrogen (secondary N) is 1. The fraction of sp³-hybridized carbons (Fsp3) is 0.567. The van der Waals surface area contributed by atoms with Crippen LogP contribution in [-0.4, -0.2) is 100 Å². The molecule has 3 aromatic rings. The lowest BCUT2D eigenvalue weighted by molar-refractivity contribution is -0.121. The van der Waals surface area contributed by atoms with Crippen molar-refractivity contribution >= 4 is 17.2 Å². The number of hydrogen-bond donors (Lipinski definition) is 1. The predicted octanol–water partition coefficient (Wildman–Crippen LogP) is 2.22. The largest absolute Gasteiger partial charge is 0.375 e. The molecule has 40 heavy (non-hydrogen) atoms. The molecule has 7 rings (SSSR count). The Bertz CT molecular complexity index is 1420. The van der Waals surface area contributed by atoms with Gasteiger partial charge in [-0.2, -0.15) is 5.10 Å². The number of likely N-dealkylation sites (tertiary alicyclic amines) is 1. The zero-order valence-electron chi connectivity index (χ0n) is 23.5. The van der Waals surface area contributed by atoms with Gasteiger partial charge < -0.3 is 15.0 Å². The molecule has 0 aliphatic carbocycles. The Hall–Kier alpha value is -2.92. The van der Waals surface area contributed by atoms with Gasteiger partial charge in [-0.05, 0) is 37.1 Å². The van der Waals surface area contributed by atoms with E-state index in [1.807, 2.05) is 9.42 Å². The van der Waals surface area contributed by atoms with Gasteiger partial charge in [-0.25, -0.2) is 13.9 Å². The van der Waals surface area contributed by atoms with Crippen LogP contribution < -0.4 is 10.2 Å².